The molecule has 5 nitrogen and oxygen atoms in total. The highest BCUT2D eigenvalue weighted by Crippen LogP contribution is 2.18. The van der Waals surface area contributed by atoms with Gasteiger partial charge in [0.25, 0.3) is 5.91 Å². The summed E-state index contributed by atoms with van der Waals surface area (Å²) in [4.78, 5) is 17.7. The number of imidazole rings is 1. The second-order valence-electron chi connectivity index (χ2n) is 6.61. The van der Waals surface area contributed by atoms with Crippen LogP contribution in [0.3, 0.4) is 0 Å². The van der Waals surface area contributed by atoms with E-state index in [9.17, 15) is 18.0 Å². The molecular weight excluding hydrogens is 369 g/mol. The van der Waals surface area contributed by atoms with Gasteiger partial charge in [0.15, 0.2) is 0 Å². The Hall–Kier alpha value is -2.87. The monoisotopic (exact) mass is 390 g/mol. The molecule has 148 valence electrons. The van der Waals surface area contributed by atoms with E-state index in [2.05, 4.69) is 10.3 Å². The van der Waals surface area contributed by atoms with Gasteiger partial charge in [0.2, 0.25) is 0 Å². The fourth-order valence-electron chi connectivity index (χ4n) is 2.98. The van der Waals surface area contributed by atoms with Crippen molar-refractivity contribution in [3.63, 3.8) is 0 Å². The van der Waals surface area contributed by atoms with Gasteiger partial charge < -0.3 is 5.32 Å². The van der Waals surface area contributed by atoms with Gasteiger partial charge in [-0.25, -0.2) is 4.98 Å². The number of halogens is 3. The molecule has 3 aromatic rings. The first kappa shape index (κ1) is 19.9. The maximum Gasteiger partial charge on any atom is 0.401 e. The van der Waals surface area contributed by atoms with E-state index in [1.54, 1.807) is 18.5 Å². The van der Waals surface area contributed by atoms with Crippen molar-refractivity contribution in [3.8, 4) is 5.69 Å². The number of carbonyl (C=O) groups excluding carboxylic acids is 1. The number of hydrogen-bond donors (Lipinski definition) is 1. The van der Waals surface area contributed by atoms with Crippen LogP contribution >= 0.6 is 0 Å². The summed E-state index contributed by atoms with van der Waals surface area (Å²) in [6.07, 6.45) is -2.03. The third-order valence-electron chi connectivity index (χ3n) is 4.31. The van der Waals surface area contributed by atoms with Crippen LogP contribution in [0.1, 0.15) is 16.8 Å². The van der Waals surface area contributed by atoms with E-state index in [-0.39, 0.29) is 12.5 Å². The van der Waals surface area contributed by atoms with E-state index in [4.69, 9.17) is 0 Å². The van der Waals surface area contributed by atoms with Crippen LogP contribution in [0.5, 0.6) is 0 Å². The van der Waals surface area contributed by atoms with E-state index in [1.165, 1.54) is 11.9 Å². The molecule has 8 heteroatoms. The van der Waals surface area contributed by atoms with Gasteiger partial charge in [-0.3, -0.25) is 14.3 Å². The normalized spacial score (nSPS) is 11.9. The van der Waals surface area contributed by atoms with Crippen LogP contribution in [0, 0.1) is 0 Å². The molecular formula is C20H21F3N4O. The predicted molar refractivity (Wildman–Crippen MR) is 102 cm³/mol. The van der Waals surface area contributed by atoms with E-state index in [0.717, 1.165) is 16.7 Å². The number of hydrogen-bond acceptors (Lipinski definition) is 3. The summed E-state index contributed by atoms with van der Waals surface area (Å²) in [5.41, 5.74) is 3.25. The number of amides is 1. The third kappa shape index (κ3) is 5.10. The lowest BCUT2D eigenvalue weighted by molar-refractivity contribution is -0.143. The third-order valence-corrected chi connectivity index (χ3v) is 4.31. The molecule has 0 aliphatic carbocycles. The number of carbonyl (C=O) groups is 1. The van der Waals surface area contributed by atoms with Gasteiger partial charge in [-0.2, -0.15) is 13.2 Å². The summed E-state index contributed by atoms with van der Waals surface area (Å²) in [5, 5.41) is 2.74. The second kappa shape index (κ2) is 8.43. The van der Waals surface area contributed by atoms with Gasteiger partial charge in [-0.05, 0) is 56.4 Å². The van der Waals surface area contributed by atoms with Crippen LogP contribution in [0.2, 0.25) is 0 Å². The molecule has 0 saturated heterocycles. The Morgan fingerprint density at radius 3 is 2.57 bits per heavy atom. The van der Waals surface area contributed by atoms with Crippen LogP contribution in [0.4, 0.5) is 13.2 Å². The first-order valence-corrected chi connectivity index (χ1v) is 8.89. The van der Waals surface area contributed by atoms with Crippen molar-refractivity contribution in [2.75, 3.05) is 26.7 Å². The Bertz CT molecular complexity index is 935. The number of aromatic nitrogens is 2. The highest BCUT2D eigenvalue weighted by Gasteiger charge is 2.28. The molecule has 2 aromatic carbocycles. The van der Waals surface area contributed by atoms with E-state index in [0.29, 0.717) is 18.5 Å². The van der Waals surface area contributed by atoms with E-state index >= 15 is 0 Å². The van der Waals surface area contributed by atoms with Crippen molar-refractivity contribution < 1.29 is 18.0 Å². The van der Waals surface area contributed by atoms with Gasteiger partial charge in [0.05, 0.1) is 17.6 Å². The molecule has 0 aliphatic rings. The molecule has 0 saturated carbocycles. The van der Waals surface area contributed by atoms with Gasteiger partial charge in [-0.15, -0.1) is 0 Å². The lowest BCUT2D eigenvalue weighted by Gasteiger charge is -2.18. The molecule has 0 spiro atoms. The molecule has 0 radical (unpaired) electrons. The molecule has 0 atom stereocenters. The second-order valence-corrected chi connectivity index (χ2v) is 6.61. The molecule has 28 heavy (non-hydrogen) atoms. The quantitative estimate of drug-likeness (QED) is 0.627. The Labute approximate surface area is 160 Å². The van der Waals surface area contributed by atoms with E-state index < -0.39 is 12.7 Å². The minimum atomic E-state index is -4.21. The highest BCUT2D eigenvalue weighted by molar-refractivity contribution is 5.94. The number of para-hydroxylation sites is 2. The average Bonchev–Trinajstić information content (AvgIpc) is 3.08. The summed E-state index contributed by atoms with van der Waals surface area (Å²) < 4.78 is 38.7. The standard InChI is InChI=1S/C20H21F3N4O/c1-26(13-20(21,22)23)12-4-11-24-19(28)15-7-9-16(10-8-15)27-14-25-17-5-2-3-6-18(17)27/h2-3,5-10,14H,4,11-13H2,1H3,(H,24,28). The first-order valence-electron chi connectivity index (χ1n) is 8.89. The predicted octanol–water partition coefficient (Wildman–Crippen LogP) is 3.64. The van der Waals surface area contributed by atoms with Gasteiger partial charge in [0.1, 0.15) is 6.33 Å². The number of nitrogens with zero attached hydrogens (tertiary/aromatic N) is 3. The zero-order valence-corrected chi connectivity index (χ0v) is 15.4. The van der Waals surface area contributed by atoms with Crippen LogP contribution in [-0.2, 0) is 0 Å². The molecule has 1 aromatic heterocycles. The smallest absolute Gasteiger partial charge is 0.352 e. The number of fused-ring (bicyclic) bond motifs is 1. The fourth-order valence-corrected chi connectivity index (χ4v) is 2.98. The number of alkyl halides is 3. The Morgan fingerprint density at radius 2 is 1.86 bits per heavy atom. The molecule has 0 fully saturated rings. The summed E-state index contributed by atoms with van der Waals surface area (Å²) >= 11 is 0. The molecule has 1 heterocycles. The minimum Gasteiger partial charge on any atom is -0.352 e. The van der Waals surface area contributed by atoms with Crippen LogP contribution in [-0.4, -0.2) is 53.2 Å². The van der Waals surface area contributed by atoms with Crippen molar-refractivity contribution in [3.05, 3.63) is 60.4 Å². The van der Waals surface area contributed by atoms with Gasteiger partial charge >= 0.3 is 6.18 Å². The van der Waals surface area contributed by atoms with Gasteiger partial charge in [0, 0.05) is 17.8 Å². The number of benzene rings is 2. The van der Waals surface area contributed by atoms with Crippen molar-refractivity contribution in [1.82, 2.24) is 19.8 Å². The van der Waals surface area contributed by atoms with Crippen molar-refractivity contribution in [1.29, 1.82) is 0 Å². The zero-order valence-electron chi connectivity index (χ0n) is 15.4. The maximum absolute atomic E-state index is 12.3. The highest BCUT2D eigenvalue weighted by atomic mass is 19.4. The molecule has 0 bridgehead atoms. The first-order chi connectivity index (χ1) is 13.3. The van der Waals surface area contributed by atoms with Crippen molar-refractivity contribution in [2.24, 2.45) is 0 Å². The fraction of sp³-hybridized carbons (Fsp3) is 0.300. The van der Waals surface area contributed by atoms with E-state index in [1.807, 2.05) is 41.0 Å². The van der Waals surface area contributed by atoms with Crippen LogP contribution < -0.4 is 5.32 Å². The maximum atomic E-state index is 12.3. The summed E-state index contributed by atoms with van der Waals surface area (Å²) in [5.74, 6) is -0.250. The Morgan fingerprint density at radius 1 is 1.14 bits per heavy atom. The lowest BCUT2D eigenvalue weighted by Crippen LogP contribution is -2.33. The van der Waals surface area contributed by atoms with Crippen molar-refractivity contribution >= 4 is 16.9 Å². The van der Waals surface area contributed by atoms with Crippen LogP contribution in [0.25, 0.3) is 16.7 Å². The van der Waals surface area contributed by atoms with Crippen molar-refractivity contribution in [2.45, 2.75) is 12.6 Å². The molecule has 0 unspecified atom stereocenters. The zero-order chi connectivity index (χ0) is 20.1. The average molecular weight is 390 g/mol. The van der Waals surface area contributed by atoms with Gasteiger partial charge in [-0.1, -0.05) is 12.1 Å². The molecule has 0 aliphatic heterocycles. The molecule has 1 amide bonds. The number of rotatable bonds is 7. The lowest BCUT2D eigenvalue weighted by atomic mass is 10.2. The summed E-state index contributed by atoms with van der Waals surface area (Å²) in [7, 11) is 1.41. The summed E-state index contributed by atoms with van der Waals surface area (Å²) in [6, 6.07) is 14.9. The molecule has 1 N–H and O–H groups in total. The Balaban J connectivity index is 1.53. The Kier molecular flexibility index (Phi) is 5.99. The SMILES string of the molecule is CN(CCCNC(=O)c1ccc(-n2cnc3ccccc32)cc1)CC(F)(F)F. The topological polar surface area (TPSA) is 50.2 Å². The molecule has 3 rings (SSSR count). The van der Waals surface area contributed by atoms with Crippen LogP contribution in [0.15, 0.2) is 54.9 Å². The number of nitrogens with one attached hydrogen (secondary N) is 1. The summed E-state index contributed by atoms with van der Waals surface area (Å²) in [6.45, 7) is -0.382. The minimum absolute atomic E-state index is 0.250. The largest absolute Gasteiger partial charge is 0.401 e.